The summed E-state index contributed by atoms with van der Waals surface area (Å²) in [5.74, 6) is -1.03. The van der Waals surface area contributed by atoms with Crippen LogP contribution in [0.25, 0.3) is 0 Å². The van der Waals surface area contributed by atoms with Crippen LogP contribution in [0.3, 0.4) is 0 Å². The molecule has 0 fully saturated rings. The van der Waals surface area contributed by atoms with Crippen molar-refractivity contribution in [1.82, 2.24) is 15.4 Å². The molecule has 1 atom stereocenters. The molecule has 0 bridgehead atoms. The highest BCUT2D eigenvalue weighted by Gasteiger charge is 2.31. The van der Waals surface area contributed by atoms with Crippen molar-refractivity contribution in [2.45, 2.75) is 55.6 Å². The lowest BCUT2D eigenvalue weighted by Crippen LogP contribution is -2.43. The van der Waals surface area contributed by atoms with Gasteiger partial charge in [-0.15, -0.1) is 11.3 Å². The number of aliphatic carboxylic acids is 1. The number of aliphatic imine (C=N–C) groups is 1. The van der Waals surface area contributed by atoms with Crippen LogP contribution in [-0.2, 0) is 38.6 Å². The lowest BCUT2D eigenvalue weighted by atomic mass is 10.1. The number of halogens is 3. The zero-order valence-electron chi connectivity index (χ0n) is 19.7. The summed E-state index contributed by atoms with van der Waals surface area (Å²) in [5.41, 5.74) is -1.01. The number of carboxylic acid groups (broad SMARTS) is 1. The van der Waals surface area contributed by atoms with Crippen molar-refractivity contribution < 1.29 is 36.3 Å². The largest absolute Gasteiger partial charge is 0.480 e. The third-order valence-electron chi connectivity index (χ3n) is 5.44. The molecule has 1 aliphatic rings. The first-order chi connectivity index (χ1) is 17.4. The van der Waals surface area contributed by atoms with Gasteiger partial charge in [0.1, 0.15) is 6.04 Å². The Kier molecular flexibility index (Phi) is 9.68. The van der Waals surface area contributed by atoms with Crippen LogP contribution in [-0.4, -0.2) is 50.5 Å². The molecular weight excluding hydrogens is 533 g/mol. The van der Waals surface area contributed by atoms with Gasteiger partial charge in [0.05, 0.1) is 10.5 Å². The summed E-state index contributed by atoms with van der Waals surface area (Å²) < 4.78 is 65.4. The van der Waals surface area contributed by atoms with E-state index in [1.807, 2.05) is 6.07 Å². The van der Waals surface area contributed by atoms with Gasteiger partial charge in [0.25, 0.3) is 0 Å². The summed E-state index contributed by atoms with van der Waals surface area (Å²) in [6, 6.07) is 4.85. The molecule has 0 spiro atoms. The molecule has 2 aromatic rings. The van der Waals surface area contributed by atoms with Crippen LogP contribution in [0.15, 0.2) is 46.3 Å². The van der Waals surface area contributed by atoms with Crippen molar-refractivity contribution in [3.63, 3.8) is 0 Å². The zero-order chi connectivity index (χ0) is 27.1. The number of hydrogen-bond acceptors (Lipinski definition) is 7. The molecule has 1 unspecified atom stereocenters. The standard InChI is InChI=1S/C23H27F3N4O5S2/c24-23(25,26)15-6-10-18(11-7-15)37(34,35)30-19(21(32)33)14-17-9-8-16(36-17)4-1-2-5-20(31)29-22-27-12-3-13-28-22/h6-11,19,30H,1-5,12-14H2,(H,32,33)(H2,27,28,29,31). The fourth-order valence-corrected chi connectivity index (χ4v) is 5.82. The molecule has 0 saturated carbocycles. The Morgan fingerprint density at radius 3 is 2.43 bits per heavy atom. The number of aryl methyl sites for hydroxylation is 1. The highest BCUT2D eigenvalue weighted by Crippen LogP contribution is 2.29. The Hall–Kier alpha value is -2.97. The van der Waals surface area contributed by atoms with E-state index >= 15 is 0 Å². The molecule has 202 valence electrons. The van der Waals surface area contributed by atoms with Gasteiger partial charge in [0.2, 0.25) is 15.9 Å². The summed E-state index contributed by atoms with van der Waals surface area (Å²) in [7, 11) is -4.36. The van der Waals surface area contributed by atoms with E-state index in [9.17, 15) is 36.3 Å². The van der Waals surface area contributed by atoms with Gasteiger partial charge in [-0.2, -0.15) is 17.9 Å². The number of sulfonamides is 1. The zero-order valence-corrected chi connectivity index (χ0v) is 21.3. The van der Waals surface area contributed by atoms with E-state index in [-0.39, 0.29) is 12.3 Å². The molecule has 3 rings (SSSR count). The third kappa shape index (κ3) is 8.83. The van der Waals surface area contributed by atoms with Crippen LogP contribution in [0, 0.1) is 0 Å². The normalized spacial score (nSPS) is 14.9. The predicted octanol–water partition coefficient (Wildman–Crippen LogP) is 2.92. The monoisotopic (exact) mass is 560 g/mol. The highest BCUT2D eigenvalue weighted by atomic mass is 32.2. The Morgan fingerprint density at radius 1 is 1.11 bits per heavy atom. The Morgan fingerprint density at radius 2 is 1.81 bits per heavy atom. The molecule has 1 amide bonds. The van der Waals surface area contributed by atoms with Crippen molar-refractivity contribution >= 4 is 39.2 Å². The number of nitrogens with zero attached hydrogens (tertiary/aromatic N) is 1. The average Bonchev–Trinajstić information content (AvgIpc) is 3.28. The maximum Gasteiger partial charge on any atom is 0.416 e. The number of thiophene rings is 1. The van der Waals surface area contributed by atoms with Crippen LogP contribution < -0.4 is 15.4 Å². The molecule has 0 radical (unpaired) electrons. The van der Waals surface area contributed by atoms with Gasteiger partial charge in [-0.05, 0) is 62.1 Å². The molecular formula is C23H27F3N4O5S2. The summed E-state index contributed by atoms with van der Waals surface area (Å²) in [6.07, 6.45) is -1.42. The number of hydrogen-bond donors (Lipinski definition) is 4. The molecule has 1 aromatic carbocycles. The fourth-order valence-electron chi connectivity index (χ4n) is 3.52. The second-order valence-electron chi connectivity index (χ2n) is 8.37. The number of benzene rings is 1. The van der Waals surface area contributed by atoms with Crippen LogP contribution in [0.2, 0.25) is 0 Å². The van der Waals surface area contributed by atoms with Gasteiger partial charge in [-0.1, -0.05) is 0 Å². The van der Waals surface area contributed by atoms with Crippen molar-refractivity contribution in [1.29, 1.82) is 0 Å². The predicted molar refractivity (Wildman–Crippen MR) is 132 cm³/mol. The molecule has 14 heteroatoms. The van der Waals surface area contributed by atoms with Crippen LogP contribution >= 0.6 is 11.3 Å². The maximum atomic E-state index is 12.7. The van der Waals surface area contributed by atoms with Crippen LogP contribution in [0.4, 0.5) is 13.2 Å². The van der Waals surface area contributed by atoms with Crippen LogP contribution in [0.5, 0.6) is 0 Å². The van der Waals surface area contributed by atoms with E-state index in [4.69, 9.17) is 0 Å². The first-order valence-electron chi connectivity index (χ1n) is 11.5. The molecule has 9 nitrogen and oxygen atoms in total. The number of carbonyl (C=O) groups is 2. The summed E-state index contributed by atoms with van der Waals surface area (Å²) in [5, 5.41) is 15.3. The van der Waals surface area contributed by atoms with Crippen molar-refractivity contribution in [2.75, 3.05) is 13.1 Å². The SMILES string of the molecule is O=C(CCCCc1ccc(CC(NS(=O)(=O)c2ccc(C(F)(F)F)cc2)C(=O)O)s1)NC1=NCCCN1. The number of rotatable bonds is 11. The third-order valence-corrected chi connectivity index (χ3v) is 8.10. The lowest BCUT2D eigenvalue weighted by molar-refractivity contribution is -0.139. The minimum atomic E-state index is -4.62. The number of unbranched alkanes of at least 4 members (excludes halogenated alkanes) is 1. The topological polar surface area (TPSA) is 137 Å². The number of guanidine groups is 1. The summed E-state index contributed by atoms with van der Waals surface area (Å²) in [6.45, 7) is 1.46. The van der Waals surface area contributed by atoms with E-state index in [1.165, 1.54) is 11.3 Å². The lowest BCUT2D eigenvalue weighted by Gasteiger charge is -2.15. The van der Waals surface area contributed by atoms with Gasteiger partial charge in [-0.25, -0.2) is 8.42 Å². The fraction of sp³-hybridized carbons (Fsp3) is 0.435. The minimum Gasteiger partial charge on any atom is -0.480 e. The molecule has 1 aromatic heterocycles. The van der Waals surface area contributed by atoms with E-state index in [1.54, 1.807) is 6.07 Å². The number of amides is 1. The van der Waals surface area contributed by atoms with Gasteiger partial charge in [0.15, 0.2) is 5.96 Å². The number of nitrogens with one attached hydrogen (secondary N) is 3. The molecule has 0 aliphatic carbocycles. The average molecular weight is 561 g/mol. The Balaban J connectivity index is 1.50. The number of alkyl halides is 3. The smallest absolute Gasteiger partial charge is 0.416 e. The Labute approximate surface area is 216 Å². The van der Waals surface area contributed by atoms with E-state index in [0.29, 0.717) is 48.8 Å². The summed E-state index contributed by atoms with van der Waals surface area (Å²) >= 11 is 1.34. The first-order valence-corrected chi connectivity index (χ1v) is 13.8. The van der Waals surface area contributed by atoms with Gasteiger partial charge < -0.3 is 10.4 Å². The molecule has 4 N–H and O–H groups in total. The molecule has 37 heavy (non-hydrogen) atoms. The Bertz CT molecular complexity index is 1230. The van der Waals surface area contributed by atoms with Crippen LogP contribution in [0.1, 0.15) is 41.0 Å². The van der Waals surface area contributed by atoms with Gasteiger partial charge in [0, 0.05) is 35.7 Å². The number of carboxylic acids is 1. The van der Waals surface area contributed by atoms with E-state index in [2.05, 4.69) is 20.3 Å². The molecule has 2 heterocycles. The molecule has 1 aliphatic heterocycles. The van der Waals surface area contributed by atoms with Crippen molar-refractivity contribution in [3.8, 4) is 0 Å². The molecule has 0 saturated heterocycles. The second-order valence-corrected chi connectivity index (χ2v) is 11.3. The van der Waals surface area contributed by atoms with E-state index in [0.717, 1.165) is 36.4 Å². The van der Waals surface area contributed by atoms with Crippen molar-refractivity contribution in [3.05, 3.63) is 51.7 Å². The van der Waals surface area contributed by atoms with E-state index < -0.39 is 38.7 Å². The second kappa shape index (κ2) is 12.5. The van der Waals surface area contributed by atoms with Crippen molar-refractivity contribution in [2.24, 2.45) is 4.99 Å². The van der Waals surface area contributed by atoms with Gasteiger partial charge >= 0.3 is 12.1 Å². The summed E-state index contributed by atoms with van der Waals surface area (Å²) in [4.78, 5) is 29.0. The first kappa shape index (κ1) is 28.6. The maximum absolute atomic E-state index is 12.7. The quantitative estimate of drug-likeness (QED) is 0.312. The number of carbonyl (C=O) groups excluding carboxylic acids is 1. The van der Waals surface area contributed by atoms with Gasteiger partial charge in [-0.3, -0.25) is 19.9 Å². The highest BCUT2D eigenvalue weighted by molar-refractivity contribution is 7.89. The minimum absolute atomic E-state index is 0.121.